The first-order valence-electron chi connectivity index (χ1n) is 7.58. The van der Waals surface area contributed by atoms with Crippen molar-refractivity contribution >= 4 is 0 Å². The van der Waals surface area contributed by atoms with Crippen LogP contribution in [0.3, 0.4) is 0 Å². The van der Waals surface area contributed by atoms with Crippen LogP contribution in [0, 0.1) is 17.8 Å². The first kappa shape index (κ1) is 17.1. The first-order valence-corrected chi connectivity index (χ1v) is 7.58. The summed E-state index contributed by atoms with van der Waals surface area (Å²) in [4.78, 5) is 0. The number of ether oxygens (including phenoxy) is 1. The zero-order chi connectivity index (χ0) is 15.2. The van der Waals surface area contributed by atoms with E-state index in [1.165, 1.54) is 0 Å². The third-order valence-corrected chi connectivity index (χ3v) is 3.33. The highest BCUT2D eigenvalue weighted by molar-refractivity contribution is 5.22. The van der Waals surface area contributed by atoms with Crippen molar-refractivity contribution in [1.29, 1.82) is 0 Å². The molecule has 0 saturated heterocycles. The van der Waals surface area contributed by atoms with Crippen LogP contribution in [0.5, 0.6) is 0 Å². The molecule has 0 aliphatic heterocycles. The molecule has 3 heteroatoms. The number of rotatable bonds is 4. The van der Waals surface area contributed by atoms with Crippen molar-refractivity contribution < 1.29 is 14.9 Å². The Labute approximate surface area is 123 Å². The van der Waals surface area contributed by atoms with Gasteiger partial charge in [0.25, 0.3) is 0 Å². The van der Waals surface area contributed by atoms with Crippen LogP contribution < -0.4 is 0 Å². The van der Waals surface area contributed by atoms with Crippen molar-refractivity contribution in [3.05, 3.63) is 11.8 Å². The second-order valence-corrected chi connectivity index (χ2v) is 6.51. The van der Waals surface area contributed by atoms with Gasteiger partial charge in [-0.25, -0.2) is 0 Å². The first-order chi connectivity index (χ1) is 9.26. The average Bonchev–Trinajstić information content (AvgIpc) is 2.65. The fourth-order valence-corrected chi connectivity index (χ4v) is 2.36. The van der Waals surface area contributed by atoms with E-state index in [4.69, 9.17) is 4.74 Å². The van der Waals surface area contributed by atoms with Gasteiger partial charge < -0.3 is 14.9 Å². The lowest BCUT2D eigenvalue weighted by atomic mass is 9.99. The maximum atomic E-state index is 10.0. The lowest BCUT2D eigenvalue weighted by Gasteiger charge is -2.31. The van der Waals surface area contributed by atoms with E-state index < -0.39 is 5.79 Å². The van der Waals surface area contributed by atoms with E-state index in [9.17, 15) is 10.2 Å². The molecule has 1 fully saturated rings. The summed E-state index contributed by atoms with van der Waals surface area (Å²) in [7, 11) is 0. The molecule has 0 aromatic heterocycles. The summed E-state index contributed by atoms with van der Waals surface area (Å²) in [5, 5.41) is 20.1. The third kappa shape index (κ3) is 5.56. The summed E-state index contributed by atoms with van der Waals surface area (Å²) in [5.74, 6) is 4.65. The van der Waals surface area contributed by atoms with Crippen LogP contribution in [0.4, 0.5) is 0 Å². The Morgan fingerprint density at radius 1 is 1.40 bits per heavy atom. The summed E-state index contributed by atoms with van der Waals surface area (Å²) < 4.78 is 5.90. The van der Waals surface area contributed by atoms with Crippen LogP contribution in [0.15, 0.2) is 11.8 Å². The van der Waals surface area contributed by atoms with E-state index in [0.717, 1.165) is 32.1 Å². The molecule has 0 radical (unpaired) electrons. The zero-order valence-corrected chi connectivity index (χ0v) is 13.2. The normalized spacial score (nSPS) is 22.3. The molecule has 1 rings (SSSR count). The number of hydrogen-bond donors (Lipinski definition) is 2. The van der Waals surface area contributed by atoms with E-state index in [-0.39, 0.29) is 11.5 Å². The van der Waals surface area contributed by atoms with Crippen LogP contribution in [-0.4, -0.2) is 21.6 Å². The second-order valence-electron chi connectivity index (χ2n) is 6.51. The van der Waals surface area contributed by atoms with Crippen molar-refractivity contribution in [2.75, 3.05) is 0 Å². The quantitative estimate of drug-likeness (QED) is 0.359. The molecule has 114 valence electrons. The zero-order valence-electron chi connectivity index (χ0n) is 13.2. The Kier molecular flexibility index (Phi) is 6.10. The van der Waals surface area contributed by atoms with E-state index in [1.807, 2.05) is 20.8 Å². The summed E-state index contributed by atoms with van der Waals surface area (Å²) in [6, 6.07) is 0. The van der Waals surface area contributed by atoms with Gasteiger partial charge in [0.05, 0.1) is 5.92 Å². The highest BCUT2D eigenvalue weighted by Gasteiger charge is 2.43. The summed E-state index contributed by atoms with van der Waals surface area (Å²) in [5.41, 5.74) is -0.365. The molecule has 20 heavy (non-hydrogen) atoms. The Morgan fingerprint density at radius 2 is 2.10 bits per heavy atom. The van der Waals surface area contributed by atoms with Crippen LogP contribution >= 0.6 is 0 Å². The molecule has 0 aromatic rings. The van der Waals surface area contributed by atoms with Gasteiger partial charge in [-0.2, -0.15) is 0 Å². The van der Waals surface area contributed by atoms with Crippen LogP contribution in [0.2, 0.25) is 0 Å². The van der Waals surface area contributed by atoms with Gasteiger partial charge in [0.1, 0.15) is 11.4 Å². The molecule has 0 aromatic carbocycles. The maximum Gasteiger partial charge on any atom is 0.172 e. The molecule has 1 unspecified atom stereocenters. The average molecular weight is 280 g/mol. The van der Waals surface area contributed by atoms with Crippen LogP contribution in [-0.2, 0) is 4.74 Å². The lowest BCUT2D eigenvalue weighted by molar-refractivity contribution is -0.187. The van der Waals surface area contributed by atoms with Gasteiger partial charge in [-0.15, -0.1) is 0 Å². The van der Waals surface area contributed by atoms with Gasteiger partial charge in [0, 0.05) is 18.9 Å². The van der Waals surface area contributed by atoms with Gasteiger partial charge in [-0.3, -0.25) is 0 Å². The van der Waals surface area contributed by atoms with Gasteiger partial charge in [-0.1, -0.05) is 25.2 Å². The number of unbranched alkanes of at least 4 members (excludes halogenated alkanes) is 2. The molecule has 1 atom stereocenters. The Bertz CT molecular complexity index is 391. The second kappa shape index (κ2) is 7.15. The number of allylic oxidation sites excluding steroid dienone is 1. The minimum absolute atomic E-state index is 0.365. The minimum atomic E-state index is -1.66. The number of hydrogen-bond acceptors (Lipinski definition) is 3. The highest BCUT2D eigenvalue weighted by Crippen LogP contribution is 2.40. The molecule has 2 N–H and O–H groups in total. The molecule has 0 amide bonds. The molecule has 0 spiro atoms. The Hall–Kier alpha value is -0.980. The predicted molar refractivity (Wildman–Crippen MR) is 80.7 cm³/mol. The largest absolute Gasteiger partial charge is 0.491 e. The van der Waals surface area contributed by atoms with Crippen LogP contribution in [0.1, 0.15) is 66.2 Å². The summed E-state index contributed by atoms with van der Waals surface area (Å²) >= 11 is 0. The fourth-order valence-electron chi connectivity index (χ4n) is 2.36. The van der Waals surface area contributed by atoms with E-state index in [1.54, 1.807) is 6.08 Å². The summed E-state index contributed by atoms with van der Waals surface area (Å²) in [6.07, 6.45) is 6.72. The van der Waals surface area contributed by atoms with Crippen molar-refractivity contribution in [2.24, 2.45) is 5.92 Å². The van der Waals surface area contributed by atoms with Gasteiger partial charge in [-0.05, 0) is 40.0 Å². The van der Waals surface area contributed by atoms with Crippen molar-refractivity contribution in [3.8, 4) is 11.8 Å². The fraction of sp³-hybridized carbons (Fsp3) is 0.765. The van der Waals surface area contributed by atoms with Crippen molar-refractivity contribution in [1.82, 2.24) is 0 Å². The molecular formula is C17H28O3. The number of aliphatic hydroxyl groups is 2. The van der Waals surface area contributed by atoms with Gasteiger partial charge >= 0.3 is 0 Å². The molecule has 3 nitrogen and oxygen atoms in total. The van der Waals surface area contributed by atoms with E-state index in [2.05, 4.69) is 18.8 Å². The molecule has 1 saturated carbocycles. The smallest absolute Gasteiger partial charge is 0.172 e. The van der Waals surface area contributed by atoms with Crippen LogP contribution in [0.25, 0.3) is 0 Å². The molecule has 1 aliphatic carbocycles. The molecule has 0 bridgehead atoms. The highest BCUT2D eigenvalue weighted by atomic mass is 16.5. The third-order valence-electron chi connectivity index (χ3n) is 3.33. The lowest BCUT2D eigenvalue weighted by Crippen LogP contribution is -2.36. The van der Waals surface area contributed by atoms with E-state index in [0.29, 0.717) is 12.2 Å². The molecule has 0 heterocycles. The summed E-state index contributed by atoms with van der Waals surface area (Å²) in [6.45, 7) is 8.00. The van der Waals surface area contributed by atoms with Crippen molar-refractivity contribution in [2.45, 2.75) is 77.6 Å². The van der Waals surface area contributed by atoms with Gasteiger partial charge in [0.2, 0.25) is 0 Å². The monoisotopic (exact) mass is 280 g/mol. The Morgan fingerprint density at radius 3 is 2.60 bits per heavy atom. The van der Waals surface area contributed by atoms with Crippen molar-refractivity contribution in [3.63, 3.8) is 0 Å². The SMILES string of the molecule is CCCCC#C/C=C(\OC(C)(C)C)C1CCCC1(O)O. The Balaban J connectivity index is 2.84. The molecular weight excluding hydrogens is 252 g/mol. The predicted octanol–water partition coefficient (Wildman–Crippen LogP) is 3.36. The maximum absolute atomic E-state index is 10.0. The van der Waals surface area contributed by atoms with Gasteiger partial charge in [0.15, 0.2) is 5.79 Å². The molecule has 1 aliphatic rings. The minimum Gasteiger partial charge on any atom is -0.491 e. The topological polar surface area (TPSA) is 49.7 Å². The standard InChI is InChI=1S/C17H28O3/c1-5-6-7-8-9-12-15(20-16(2,3)4)14-11-10-13-17(14,18)19/h12,14,18-19H,5-7,10-11,13H2,1-4H3/b15-12-. The van der Waals surface area contributed by atoms with E-state index >= 15 is 0 Å².